The molecule has 0 radical (unpaired) electrons. The van der Waals surface area contributed by atoms with Crippen LogP contribution in [0, 0.1) is 6.92 Å². The summed E-state index contributed by atoms with van der Waals surface area (Å²) in [6, 6.07) is 7.92. The highest BCUT2D eigenvalue weighted by Gasteiger charge is 2.10. The summed E-state index contributed by atoms with van der Waals surface area (Å²) in [5.74, 6) is 0.361. The lowest BCUT2D eigenvalue weighted by Gasteiger charge is -2.10. The fourth-order valence-electron chi connectivity index (χ4n) is 3.06. The zero-order chi connectivity index (χ0) is 21.1. The minimum absolute atomic E-state index is 0.145. The SMILES string of the molecule is Cc1cc(-c2ccnc(Nc3cnn(C)c3)n2)ccc1CNC(=O)c1cnn(C)c1. The van der Waals surface area contributed by atoms with E-state index in [-0.39, 0.29) is 5.91 Å². The Hall–Kier alpha value is -4.01. The molecule has 0 atom stereocenters. The van der Waals surface area contributed by atoms with Gasteiger partial charge in [0.15, 0.2) is 0 Å². The van der Waals surface area contributed by atoms with Gasteiger partial charge in [0.2, 0.25) is 5.95 Å². The van der Waals surface area contributed by atoms with E-state index in [9.17, 15) is 4.79 Å². The van der Waals surface area contributed by atoms with Crippen molar-refractivity contribution in [1.29, 1.82) is 0 Å². The van der Waals surface area contributed by atoms with Crippen LogP contribution in [0.2, 0.25) is 0 Å². The molecule has 4 aromatic rings. The van der Waals surface area contributed by atoms with E-state index in [0.29, 0.717) is 18.1 Å². The van der Waals surface area contributed by atoms with Crippen LogP contribution in [0.4, 0.5) is 11.6 Å². The van der Waals surface area contributed by atoms with Crippen LogP contribution in [-0.2, 0) is 20.6 Å². The van der Waals surface area contributed by atoms with E-state index in [0.717, 1.165) is 28.1 Å². The summed E-state index contributed by atoms with van der Waals surface area (Å²) in [4.78, 5) is 21.1. The molecule has 3 heterocycles. The number of hydrogen-bond acceptors (Lipinski definition) is 6. The average Bonchev–Trinajstić information content (AvgIpc) is 3.35. The van der Waals surface area contributed by atoms with Gasteiger partial charge in [-0.05, 0) is 30.2 Å². The summed E-state index contributed by atoms with van der Waals surface area (Å²) in [5, 5.41) is 14.2. The number of anilines is 2. The first-order valence-corrected chi connectivity index (χ1v) is 9.43. The van der Waals surface area contributed by atoms with E-state index in [2.05, 4.69) is 36.9 Å². The van der Waals surface area contributed by atoms with Crippen LogP contribution in [0.15, 0.2) is 55.2 Å². The fourth-order valence-corrected chi connectivity index (χ4v) is 3.06. The molecule has 0 aliphatic rings. The van der Waals surface area contributed by atoms with Crippen LogP contribution < -0.4 is 10.6 Å². The van der Waals surface area contributed by atoms with E-state index >= 15 is 0 Å². The van der Waals surface area contributed by atoms with Crippen molar-refractivity contribution in [2.45, 2.75) is 13.5 Å². The van der Waals surface area contributed by atoms with Crippen molar-refractivity contribution in [3.05, 3.63) is 71.9 Å². The van der Waals surface area contributed by atoms with Gasteiger partial charge in [0.05, 0.1) is 29.3 Å². The van der Waals surface area contributed by atoms with Crippen LogP contribution in [0.1, 0.15) is 21.5 Å². The number of carbonyl (C=O) groups is 1. The normalized spacial score (nSPS) is 10.8. The lowest BCUT2D eigenvalue weighted by atomic mass is 10.0. The Bertz CT molecular complexity index is 1190. The summed E-state index contributed by atoms with van der Waals surface area (Å²) in [6.07, 6.45) is 8.54. The predicted octanol–water partition coefficient (Wildman–Crippen LogP) is 2.59. The van der Waals surface area contributed by atoms with Gasteiger partial charge in [-0.15, -0.1) is 0 Å². The van der Waals surface area contributed by atoms with Gasteiger partial charge in [0.1, 0.15) is 0 Å². The largest absolute Gasteiger partial charge is 0.348 e. The molecule has 1 amide bonds. The molecule has 0 saturated heterocycles. The van der Waals surface area contributed by atoms with Gasteiger partial charge in [-0.1, -0.05) is 12.1 Å². The number of aryl methyl sites for hydroxylation is 3. The highest BCUT2D eigenvalue weighted by Crippen LogP contribution is 2.22. The molecule has 0 aliphatic carbocycles. The second-order valence-electron chi connectivity index (χ2n) is 7.02. The molecule has 30 heavy (non-hydrogen) atoms. The van der Waals surface area contributed by atoms with E-state index in [1.807, 2.05) is 38.4 Å². The van der Waals surface area contributed by atoms with E-state index < -0.39 is 0 Å². The van der Waals surface area contributed by atoms with Gasteiger partial charge in [0.25, 0.3) is 5.91 Å². The molecular formula is C21H22N8O. The number of carbonyl (C=O) groups excluding carboxylic acids is 1. The monoisotopic (exact) mass is 402 g/mol. The van der Waals surface area contributed by atoms with Crippen LogP contribution in [0.3, 0.4) is 0 Å². The van der Waals surface area contributed by atoms with Crippen LogP contribution in [0.5, 0.6) is 0 Å². The first-order chi connectivity index (χ1) is 14.5. The zero-order valence-corrected chi connectivity index (χ0v) is 17.0. The maximum atomic E-state index is 12.2. The Morgan fingerprint density at radius 3 is 2.57 bits per heavy atom. The summed E-state index contributed by atoms with van der Waals surface area (Å²) >= 11 is 0. The molecule has 1 aromatic carbocycles. The topological polar surface area (TPSA) is 103 Å². The Morgan fingerprint density at radius 2 is 1.87 bits per heavy atom. The predicted molar refractivity (Wildman–Crippen MR) is 113 cm³/mol. The summed E-state index contributed by atoms with van der Waals surface area (Å²) < 4.78 is 3.31. The summed E-state index contributed by atoms with van der Waals surface area (Å²) in [6.45, 7) is 2.46. The first kappa shape index (κ1) is 19.3. The number of benzene rings is 1. The van der Waals surface area contributed by atoms with Crippen molar-refractivity contribution >= 4 is 17.5 Å². The third-order valence-corrected chi connectivity index (χ3v) is 4.66. The minimum atomic E-state index is -0.145. The Balaban J connectivity index is 1.46. The smallest absolute Gasteiger partial charge is 0.254 e. The maximum Gasteiger partial charge on any atom is 0.254 e. The number of aromatic nitrogens is 6. The van der Waals surface area contributed by atoms with Crippen molar-refractivity contribution in [2.75, 3.05) is 5.32 Å². The molecule has 0 spiro atoms. The van der Waals surface area contributed by atoms with Gasteiger partial charge < -0.3 is 10.6 Å². The Kier molecular flexibility index (Phi) is 5.25. The molecule has 2 N–H and O–H groups in total. The Morgan fingerprint density at radius 1 is 1.07 bits per heavy atom. The summed E-state index contributed by atoms with van der Waals surface area (Å²) in [5.41, 5.74) is 5.27. The molecular weight excluding hydrogens is 380 g/mol. The molecule has 0 unspecified atom stereocenters. The van der Waals surface area contributed by atoms with E-state index in [4.69, 9.17) is 0 Å². The minimum Gasteiger partial charge on any atom is -0.348 e. The van der Waals surface area contributed by atoms with E-state index in [1.165, 1.54) is 0 Å². The quantitative estimate of drug-likeness (QED) is 0.514. The molecule has 152 valence electrons. The van der Waals surface area contributed by atoms with Crippen LogP contribution >= 0.6 is 0 Å². The lowest BCUT2D eigenvalue weighted by molar-refractivity contribution is 0.0951. The fraction of sp³-hybridized carbons (Fsp3) is 0.190. The van der Waals surface area contributed by atoms with Crippen LogP contribution in [-0.4, -0.2) is 35.4 Å². The van der Waals surface area contributed by atoms with Gasteiger partial charge in [-0.25, -0.2) is 9.97 Å². The molecule has 9 nitrogen and oxygen atoms in total. The van der Waals surface area contributed by atoms with Gasteiger partial charge >= 0.3 is 0 Å². The molecule has 0 fully saturated rings. The van der Waals surface area contributed by atoms with Crippen molar-refractivity contribution in [1.82, 2.24) is 34.8 Å². The van der Waals surface area contributed by atoms with Crippen molar-refractivity contribution in [2.24, 2.45) is 14.1 Å². The zero-order valence-electron chi connectivity index (χ0n) is 17.0. The highest BCUT2D eigenvalue weighted by atomic mass is 16.1. The maximum absolute atomic E-state index is 12.2. The first-order valence-electron chi connectivity index (χ1n) is 9.43. The van der Waals surface area contributed by atoms with E-state index in [1.54, 1.807) is 41.2 Å². The number of hydrogen-bond donors (Lipinski definition) is 2. The standard InChI is InChI=1S/C21H22N8O/c1-14-8-15(4-5-16(14)9-23-20(30)17-10-24-28(2)12-17)19-6-7-22-21(27-19)26-18-11-25-29(3)13-18/h4-8,10-13H,9H2,1-3H3,(H,23,30)(H,22,26,27). The lowest BCUT2D eigenvalue weighted by Crippen LogP contribution is -2.22. The number of nitrogens with zero attached hydrogens (tertiary/aromatic N) is 6. The third kappa shape index (κ3) is 4.35. The molecule has 0 bridgehead atoms. The number of nitrogens with one attached hydrogen (secondary N) is 2. The molecule has 0 aliphatic heterocycles. The number of amides is 1. The highest BCUT2D eigenvalue weighted by molar-refractivity contribution is 5.93. The second-order valence-corrected chi connectivity index (χ2v) is 7.02. The molecule has 4 rings (SSSR count). The molecule has 0 saturated carbocycles. The van der Waals surface area contributed by atoms with Crippen molar-refractivity contribution in [3.63, 3.8) is 0 Å². The van der Waals surface area contributed by atoms with Crippen molar-refractivity contribution in [3.8, 4) is 11.3 Å². The average molecular weight is 402 g/mol. The second kappa shape index (κ2) is 8.16. The van der Waals surface area contributed by atoms with Crippen LogP contribution in [0.25, 0.3) is 11.3 Å². The molecule has 9 heteroatoms. The van der Waals surface area contributed by atoms with Gasteiger partial charge in [-0.3, -0.25) is 14.2 Å². The number of rotatable bonds is 6. The Labute approximate surface area is 173 Å². The molecule has 3 aromatic heterocycles. The van der Waals surface area contributed by atoms with Gasteiger partial charge in [-0.2, -0.15) is 10.2 Å². The van der Waals surface area contributed by atoms with Gasteiger partial charge in [0, 0.05) is 44.8 Å². The summed E-state index contributed by atoms with van der Waals surface area (Å²) in [7, 11) is 3.64. The third-order valence-electron chi connectivity index (χ3n) is 4.66. The van der Waals surface area contributed by atoms with Crippen molar-refractivity contribution < 1.29 is 4.79 Å².